The predicted molar refractivity (Wildman–Crippen MR) is 156 cm³/mol. The first kappa shape index (κ1) is 35.4. The standard InChI is InChI=1S/C30H48N4O7/c1-8-10-11-18-34(28(38)23(14-15-24(31)35)33-29(39)41-30(5,6)7)26(22-13-12-20(3)21(4)19-22)27(37)32-17-16-25(36)40-9-2/h12-13,19,23,26H,8-11,14-18H2,1-7H3,(H2,31,35)(H,32,37)(H,33,39). The Labute approximate surface area is 243 Å². The minimum atomic E-state index is -1.17. The third kappa shape index (κ3) is 13.1. The van der Waals surface area contributed by atoms with E-state index in [1.807, 2.05) is 32.9 Å². The molecule has 4 amide bonds. The van der Waals surface area contributed by atoms with Gasteiger partial charge < -0.3 is 30.7 Å². The molecular weight excluding hydrogens is 528 g/mol. The molecule has 0 fully saturated rings. The van der Waals surface area contributed by atoms with Crippen molar-refractivity contribution in [2.75, 3.05) is 19.7 Å². The van der Waals surface area contributed by atoms with Crippen LogP contribution in [-0.2, 0) is 28.7 Å². The lowest BCUT2D eigenvalue weighted by molar-refractivity contribution is -0.144. The highest BCUT2D eigenvalue weighted by atomic mass is 16.6. The Morgan fingerprint density at radius 2 is 1.68 bits per heavy atom. The molecule has 11 heteroatoms. The zero-order valence-corrected chi connectivity index (χ0v) is 25.6. The number of primary amides is 1. The maximum absolute atomic E-state index is 14.1. The molecule has 2 unspecified atom stereocenters. The van der Waals surface area contributed by atoms with Crippen molar-refractivity contribution >= 4 is 29.8 Å². The fraction of sp³-hybridized carbons (Fsp3) is 0.633. The van der Waals surface area contributed by atoms with E-state index < -0.39 is 47.5 Å². The molecule has 0 saturated heterocycles. The van der Waals surface area contributed by atoms with Gasteiger partial charge in [-0.2, -0.15) is 0 Å². The van der Waals surface area contributed by atoms with E-state index in [9.17, 15) is 24.0 Å². The van der Waals surface area contributed by atoms with Gasteiger partial charge in [-0.1, -0.05) is 38.0 Å². The summed E-state index contributed by atoms with van der Waals surface area (Å²) in [6.45, 7) is 13.1. The van der Waals surface area contributed by atoms with Gasteiger partial charge in [0.15, 0.2) is 0 Å². The number of ether oxygens (including phenoxy) is 2. The van der Waals surface area contributed by atoms with E-state index in [2.05, 4.69) is 10.6 Å². The quantitative estimate of drug-likeness (QED) is 0.200. The van der Waals surface area contributed by atoms with Crippen molar-refractivity contribution in [1.82, 2.24) is 15.5 Å². The van der Waals surface area contributed by atoms with E-state index in [0.717, 1.165) is 24.0 Å². The molecule has 11 nitrogen and oxygen atoms in total. The average Bonchev–Trinajstić information content (AvgIpc) is 2.86. The molecule has 1 aromatic carbocycles. The summed E-state index contributed by atoms with van der Waals surface area (Å²) in [4.78, 5) is 65.4. The van der Waals surface area contributed by atoms with Gasteiger partial charge in [0.25, 0.3) is 0 Å². The third-order valence-corrected chi connectivity index (χ3v) is 6.29. The lowest BCUT2D eigenvalue weighted by atomic mass is 9.97. The van der Waals surface area contributed by atoms with Crippen LogP contribution in [0, 0.1) is 13.8 Å². The zero-order chi connectivity index (χ0) is 31.2. The summed E-state index contributed by atoms with van der Waals surface area (Å²) >= 11 is 0. The zero-order valence-electron chi connectivity index (χ0n) is 25.6. The number of nitrogens with zero attached hydrogens (tertiary/aromatic N) is 1. The van der Waals surface area contributed by atoms with Gasteiger partial charge in [-0.25, -0.2) is 4.79 Å². The number of nitrogens with two attached hydrogens (primary N) is 1. The summed E-state index contributed by atoms with van der Waals surface area (Å²) in [5.74, 6) is -2.10. The monoisotopic (exact) mass is 576 g/mol. The number of amides is 4. The second-order valence-corrected chi connectivity index (χ2v) is 11.0. The minimum Gasteiger partial charge on any atom is -0.466 e. The first-order valence-electron chi connectivity index (χ1n) is 14.3. The van der Waals surface area contributed by atoms with Crippen LogP contribution >= 0.6 is 0 Å². The number of aryl methyl sites for hydroxylation is 2. The summed E-state index contributed by atoms with van der Waals surface area (Å²) < 4.78 is 10.3. The average molecular weight is 577 g/mol. The van der Waals surface area contributed by atoms with Gasteiger partial charge in [0, 0.05) is 19.5 Å². The first-order chi connectivity index (χ1) is 19.2. The van der Waals surface area contributed by atoms with E-state index >= 15 is 0 Å². The van der Waals surface area contributed by atoms with Crippen molar-refractivity contribution in [2.45, 2.75) is 105 Å². The van der Waals surface area contributed by atoms with Crippen LogP contribution in [0.25, 0.3) is 0 Å². The topological polar surface area (TPSA) is 157 Å². The SMILES string of the molecule is CCCCCN(C(=O)C(CCC(N)=O)NC(=O)OC(C)(C)C)C(C(=O)NCCC(=O)OCC)c1ccc(C)c(C)c1. The van der Waals surface area contributed by atoms with Gasteiger partial charge in [-0.15, -0.1) is 0 Å². The van der Waals surface area contributed by atoms with Gasteiger partial charge in [0.05, 0.1) is 13.0 Å². The van der Waals surface area contributed by atoms with Crippen LogP contribution in [0.4, 0.5) is 4.79 Å². The predicted octanol–water partition coefficient (Wildman–Crippen LogP) is 3.59. The summed E-state index contributed by atoms with van der Waals surface area (Å²) in [5.41, 5.74) is 7.09. The number of carbonyl (C=O) groups excluding carboxylic acids is 5. The second-order valence-electron chi connectivity index (χ2n) is 11.0. The Balaban J connectivity index is 3.50. The number of esters is 1. The maximum atomic E-state index is 14.1. The molecule has 0 spiro atoms. The second kappa shape index (κ2) is 17.2. The van der Waals surface area contributed by atoms with Crippen LogP contribution < -0.4 is 16.4 Å². The van der Waals surface area contributed by atoms with Crippen molar-refractivity contribution < 1.29 is 33.4 Å². The molecule has 230 valence electrons. The molecule has 0 bridgehead atoms. The van der Waals surface area contributed by atoms with E-state index in [1.54, 1.807) is 33.8 Å². The van der Waals surface area contributed by atoms with Crippen LogP contribution in [0.3, 0.4) is 0 Å². The molecule has 4 N–H and O–H groups in total. The van der Waals surface area contributed by atoms with Crippen LogP contribution in [0.2, 0.25) is 0 Å². The normalized spacial score (nSPS) is 12.6. The smallest absolute Gasteiger partial charge is 0.408 e. The van der Waals surface area contributed by atoms with E-state index in [4.69, 9.17) is 15.2 Å². The van der Waals surface area contributed by atoms with E-state index in [1.165, 1.54) is 4.90 Å². The minimum absolute atomic E-state index is 0.0234. The number of rotatable bonds is 16. The highest BCUT2D eigenvalue weighted by Gasteiger charge is 2.36. The summed E-state index contributed by atoms with van der Waals surface area (Å²) in [6.07, 6.45) is 1.22. The molecule has 0 saturated carbocycles. The number of nitrogens with one attached hydrogen (secondary N) is 2. The molecule has 0 heterocycles. The Kier molecular flexibility index (Phi) is 14.9. The highest BCUT2D eigenvalue weighted by molar-refractivity contribution is 5.92. The summed E-state index contributed by atoms with van der Waals surface area (Å²) in [6, 6.07) is 3.29. The van der Waals surface area contributed by atoms with Crippen molar-refractivity contribution in [2.24, 2.45) is 5.73 Å². The Bertz CT molecular complexity index is 1050. The van der Waals surface area contributed by atoms with Crippen molar-refractivity contribution in [3.05, 3.63) is 34.9 Å². The number of alkyl carbamates (subject to hydrolysis) is 1. The van der Waals surface area contributed by atoms with E-state index in [-0.39, 0.29) is 39.0 Å². The fourth-order valence-corrected chi connectivity index (χ4v) is 4.12. The Morgan fingerprint density at radius 1 is 1.00 bits per heavy atom. The van der Waals surface area contributed by atoms with Crippen LogP contribution in [0.1, 0.15) is 95.9 Å². The first-order valence-corrected chi connectivity index (χ1v) is 14.3. The highest BCUT2D eigenvalue weighted by Crippen LogP contribution is 2.26. The van der Waals surface area contributed by atoms with Crippen molar-refractivity contribution in [1.29, 1.82) is 0 Å². The molecule has 0 aromatic heterocycles. The summed E-state index contributed by atoms with van der Waals surface area (Å²) in [7, 11) is 0. The largest absolute Gasteiger partial charge is 0.466 e. The van der Waals surface area contributed by atoms with Crippen LogP contribution in [0.15, 0.2) is 18.2 Å². The molecule has 1 aromatic rings. The number of unbranched alkanes of at least 4 members (excludes halogenated alkanes) is 2. The Morgan fingerprint density at radius 3 is 2.24 bits per heavy atom. The summed E-state index contributed by atoms with van der Waals surface area (Å²) in [5, 5.41) is 5.36. The van der Waals surface area contributed by atoms with Gasteiger partial charge >= 0.3 is 12.1 Å². The lowest BCUT2D eigenvalue weighted by Crippen LogP contribution is -2.53. The van der Waals surface area contributed by atoms with Crippen LogP contribution in [-0.4, -0.2) is 66.0 Å². The van der Waals surface area contributed by atoms with Crippen molar-refractivity contribution in [3.63, 3.8) is 0 Å². The molecule has 1 rings (SSSR count). The van der Waals surface area contributed by atoms with Gasteiger partial charge in [0.2, 0.25) is 17.7 Å². The lowest BCUT2D eigenvalue weighted by Gasteiger charge is -2.35. The number of hydrogen-bond donors (Lipinski definition) is 3. The third-order valence-electron chi connectivity index (χ3n) is 6.29. The van der Waals surface area contributed by atoms with Gasteiger partial charge in [-0.05, 0) is 71.1 Å². The number of benzene rings is 1. The van der Waals surface area contributed by atoms with Crippen LogP contribution in [0.5, 0.6) is 0 Å². The Hall–Kier alpha value is -3.63. The molecule has 41 heavy (non-hydrogen) atoms. The van der Waals surface area contributed by atoms with E-state index in [0.29, 0.717) is 12.0 Å². The maximum Gasteiger partial charge on any atom is 0.408 e. The molecule has 0 aliphatic rings. The van der Waals surface area contributed by atoms with Gasteiger partial charge in [0.1, 0.15) is 17.7 Å². The molecule has 0 aliphatic carbocycles. The van der Waals surface area contributed by atoms with Crippen molar-refractivity contribution in [3.8, 4) is 0 Å². The molecule has 2 atom stereocenters. The van der Waals surface area contributed by atoms with Gasteiger partial charge in [-0.3, -0.25) is 19.2 Å². The molecule has 0 aliphatic heterocycles. The molecular formula is C30H48N4O7. The fourth-order valence-electron chi connectivity index (χ4n) is 4.12. The number of carbonyl (C=O) groups is 5. The molecule has 0 radical (unpaired) electrons. The number of hydrogen-bond acceptors (Lipinski definition) is 7.